The van der Waals surface area contributed by atoms with E-state index in [2.05, 4.69) is 105 Å². The maximum absolute atomic E-state index is 12.6. The maximum atomic E-state index is 12.6. The van der Waals surface area contributed by atoms with Crippen molar-refractivity contribution in [1.82, 2.24) is 0 Å². The molecule has 0 fully saturated rings. The summed E-state index contributed by atoms with van der Waals surface area (Å²) >= 11 is 0. The second kappa shape index (κ2) is 36.0. The molecule has 0 amide bonds. The maximum Gasteiger partial charge on any atom is 0.309 e. The molecule has 2 atom stereocenters. The van der Waals surface area contributed by atoms with Gasteiger partial charge in [-0.1, -0.05) is 123 Å². The van der Waals surface area contributed by atoms with Crippen LogP contribution in [0.2, 0.25) is 0 Å². The van der Waals surface area contributed by atoms with E-state index in [4.69, 9.17) is 14.2 Å². The number of quaternary nitrogens is 1. The highest BCUT2D eigenvalue weighted by Gasteiger charge is 2.25. The summed E-state index contributed by atoms with van der Waals surface area (Å²) in [7, 11) is 5.34. The fourth-order valence-electron chi connectivity index (χ4n) is 4.90. The van der Waals surface area contributed by atoms with Gasteiger partial charge in [0.15, 0.2) is 6.10 Å². The van der Waals surface area contributed by atoms with Gasteiger partial charge in [0.25, 0.3) is 0 Å². The Labute approximate surface area is 328 Å². The molecule has 0 radical (unpaired) electrons. The molecule has 0 saturated carbocycles. The molecule has 54 heavy (non-hydrogen) atoms. The Balaban J connectivity index is 4.53. The highest BCUT2D eigenvalue weighted by molar-refractivity contribution is 5.71. The molecule has 0 rings (SSSR count). The van der Waals surface area contributed by atoms with Crippen molar-refractivity contribution in [2.75, 3.05) is 41.0 Å². The van der Waals surface area contributed by atoms with Crippen LogP contribution in [0, 0.1) is 0 Å². The molecule has 2 unspecified atom stereocenters. The smallest absolute Gasteiger partial charge is 0.309 e. The van der Waals surface area contributed by atoms with E-state index in [1.165, 1.54) is 0 Å². The average Bonchev–Trinajstić information content (AvgIpc) is 3.12. The van der Waals surface area contributed by atoms with E-state index in [1.54, 1.807) is 27.2 Å². The molecule has 0 saturated heterocycles. The second-order valence-electron chi connectivity index (χ2n) is 13.8. The number of likely N-dealkylation sites (N-methyl/N-ethyl adjacent to an activating group) is 1. The van der Waals surface area contributed by atoms with Gasteiger partial charge in [0, 0.05) is 12.8 Å². The first-order valence-corrected chi connectivity index (χ1v) is 19.9. The van der Waals surface area contributed by atoms with Crippen LogP contribution >= 0.6 is 0 Å². The molecule has 0 aliphatic carbocycles. The summed E-state index contributed by atoms with van der Waals surface area (Å²) in [5.41, 5.74) is 0. The number of carboxylic acids is 1. The fourth-order valence-corrected chi connectivity index (χ4v) is 4.90. The van der Waals surface area contributed by atoms with Gasteiger partial charge in [-0.15, -0.1) is 0 Å². The minimum Gasteiger partial charge on any atom is -0.544 e. The number of unbranched alkanes of at least 4 members (excludes halogenated alkanes) is 2. The molecule has 0 aromatic heterocycles. The molecule has 302 valence electrons. The van der Waals surface area contributed by atoms with Crippen molar-refractivity contribution in [3.8, 4) is 0 Å². The van der Waals surface area contributed by atoms with Crippen LogP contribution in [-0.2, 0) is 28.6 Å². The van der Waals surface area contributed by atoms with E-state index in [0.717, 1.165) is 70.6 Å². The largest absolute Gasteiger partial charge is 0.544 e. The molecule has 0 aromatic carbocycles. The molecule has 0 bridgehead atoms. The Morgan fingerprint density at radius 1 is 0.574 bits per heavy atom. The Bertz CT molecular complexity index is 1240. The molecule has 0 aromatic rings. The van der Waals surface area contributed by atoms with Crippen LogP contribution in [0.5, 0.6) is 0 Å². The molecule has 8 heteroatoms. The first-order chi connectivity index (χ1) is 26.1. The minimum absolute atomic E-state index is 0.0123. The third-order valence-corrected chi connectivity index (χ3v) is 7.94. The van der Waals surface area contributed by atoms with Gasteiger partial charge in [0.05, 0.1) is 46.7 Å². The predicted octanol–water partition coefficient (Wildman–Crippen LogP) is 9.18. The number of hydrogen-bond donors (Lipinski definition) is 0. The van der Waals surface area contributed by atoms with Crippen LogP contribution in [0.15, 0.2) is 109 Å². The molecule has 0 N–H and O–H groups in total. The molecular weight excluding hydrogens is 679 g/mol. The Kier molecular flexibility index (Phi) is 33.3. The SMILES string of the molecule is CC/C=C/C/C=C/C/C=C/C/C=C/C/C=C/C/C=C/CCCCC(=O)OC(COCCC(C(=O)[O-])[N+](C)(C)C)COC(=O)C/C=C/C/C=C/C/C=C/CC. The topological polar surface area (TPSA) is 102 Å². The minimum atomic E-state index is -1.15. The van der Waals surface area contributed by atoms with Gasteiger partial charge >= 0.3 is 11.9 Å². The summed E-state index contributed by atoms with van der Waals surface area (Å²) in [4.78, 5) is 36.6. The van der Waals surface area contributed by atoms with Crippen LogP contribution in [0.3, 0.4) is 0 Å². The lowest BCUT2D eigenvalue weighted by atomic mass is 10.1. The van der Waals surface area contributed by atoms with Gasteiger partial charge in [-0.3, -0.25) is 9.59 Å². The molecular formula is C46H71NO7. The van der Waals surface area contributed by atoms with E-state index in [0.29, 0.717) is 6.42 Å². The summed E-state index contributed by atoms with van der Waals surface area (Å²) < 4.78 is 16.9. The van der Waals surface area contributed by atoms with Crippen molar-refractivity contribution >= 4 is 17.9 Å². The van der Waals surface area contributed by atoms with Gasteiger partial charge in [-0.05, 0) is 77.0 Å². The number of rotatable bonds is 33. The zero-order chi connectivity index (χ0) is 40.0. The zero-order valence-corrected chi connectivity index (χ0v) is 34.1. The lowest BCUT2D eigenvalue weighted by Gasteiger charge is -2.34. The number of carbonyl (C=O) groups excluding carboxylic acids is 3. The first kappa shape index (κ1) is 50.0. The highest BCUT2D eigenvalue weighted by Crippen LogP contribution is 2.10. The third-order valence-electron chi connectivity index (χ3n) is 7.94. The van der Waals surface area contributed by atoms with Gasteiger partial charge in [-0.25, -0.2) is 0 Å². The number of hydrogen-bond acceptors (Lipinski definition) is 7. The number of carbonyl (C=O) groups is 3. The molecule has 0 aliphatic heterocycles. The van der Waals surface area contributed by atoms with Crippen LogP contribution in [-0.4, -0.2) is 75.5 Å². The Morgan fingerprint density at radius 3 is 1.46 bits per heavy atom. The number of allylic oxidation sites excluding steroid dienone is 17. The lowest BCUT2D eigenvalue weighted by Crippen LogP contribution is -2.55. The third kappa shape index (κ3) is 33.8. The molecule has 0 heterocycles. The lowest BCUT2D eigenvalue weighted by molar-refractivity contribution is -0.889. The summed E-state index contributed by atoms with van der Waals surface area (Å²) in [6.45, 7) is 4.22. The monoisotopic (exact) mass is 750 g/mol. The second-order valence-corrected chi connectivity index (χ2v) is 13.8. The summed E-state index contributed by atoms with van der Waals surface area (Å²) in [5.74, 6) is -1.97. The Morgan fingerprint density at radius 2 is 1.02 bits per heavy atom. The summed E-state index contributed by atoms with van der Waals surface area (Å²) in [5, 5.41) is 11.6. The number of ether oxygens (including phenoxy) is 3. The number of carboxylic acid groups (broad SMARTS) is 1. The van der Waals surface area contributed by atoms with Gasteiger partial charge in [-0.2, -0.15) is 0 Å². The normalized spacial score (nSPS) is 14.2. The van der Waals surface area contributed by atoms with Gasteiger partial charge < -0.3 is 28.6 Å². The predicted molar refractivity (Wildman–Crippen MR) is 221 cm³/mol. The number of esters is 2. The van der Waals surface area contributed by atoms with Crippen LogP contribution in [0.25, 0.3) is 0 Å². The molecule has 8 nitrogen and oxygen atoms in total. The van der Waals surface area contributed by atoms with Crippen molar-refractivity contribution < 1.29 is 38.2 Å². The van der Waals surface area contributed by atoms with Gasteiger partial charge in [0.1, 0.15) is 12.6 Å². The van der Waals surface area contributed by atoms with Crippen molar-refractivity contribution in [3.05, 3.63) is 109 Å². The van der Waals surface area contributed by atoms with E-state index < -0.39 is 24.1 Å². The average molecular weight is 750 g/mol. The van der Waals surface area contributed by atoms with E-state index >= 15 is 0 Å². The zero-order valence-electron chi connectivity index (χ0n) is 34.1. The summed E-state index contributed by atoms with van der Waals surface area (Å²) in [6.07, 6.45) is 48.8. The number of nitrogens with zero attached hydrogens (tertiary/aromatic N) is 1. The number of aliphatic carboxylic acids is 1. The highest BCUT2D eigenvalue weighted by atomic mass is 16.6. The van der Waals surface area contributed by atoms with E-state index in [-0.39, 0.29) is 49.5 Å². The Hall–Kier alpha value is -4.01. The fraction of sp³-hybridized carbons (Fsp3) is 0.543. The van der Waals surface area contributed by atoms with Crippen molar-refractivity contribution in [1.29, 1.82) is 0 Å². The molecule has 0 aliphatic rings. The van der Waals surface area contributed by atoms with Crippen LogP contribution in [0.4, 0.5) is 0 Å². The van der Waals surface area contributed by atoms with Crippen LogP contribution < -0.4 is 5.11 Å². The first-order valence-electron chi connectivity index (χ1n) is 19.9. The van der Waals surface area contributed by atoms with Crippen LogP contribution in [0.1, 0.15) is 110 Å². The van der Waals surface area contributed by atoms with Gasteiger partial charge in [0.2, 0.25) is 0 Å². The quantitative estimate of drug-likeness (QED) is 0.0285. The standard InChI is InChI=1S/C46H71NO7/c1-6-8-10-12-14-16-17-18-19-20-21-22-23-24-25-26-27-29-31-33-35-37-45(49)54-42(40-52-39-38-43(46(50)51)47(3,4)5)41-53-44(48)36-34-32-30-28-15-13-11-9-7-2/h8-11,14-16,18-19,21-22,24-25,27-29,32,34,42-43H,6-7,12-13,17,20,23,26,30-31,33,35-41H2,1-5H3/b10-8+,11-9+,16-14+,19-18+,22-21+,25-24+,28-15+,29-27+,34-32+. The van der Waals surface area contributed by atoms with Crippen molar-refractivity contribution in [2.45, 2.75) is 122 Å². The summed E-state index contributed by atoms with van der Waals surface area (Å²) in [6, 6.07) is -0.751. The van der Waals surface area contributed by atoms with E-state index in [9.17, 15) is 19.5 Å². The van der Waals surface area contributed by atoms with Crippen molar-refractivity contribution in [2.24, 2.45) is 0 Å². The van der Waals surface area contributed by atoms with E-state index in [1.807, 2.05) is 12.2 Å². The molecule has 0 spiro atoms. The van der Waals surface area contributed by atoms with Crippen molar-refractivity contribution in [3.63, 3.8) is 0 Å².